The van der Waals surface area contributed by atoms with Gasteiger partial charge >= 0.3 is 6.03 Å². The Morgan fingerprint density at radius 3 is 2.44 bits per heavy atom. The van der Waals surface area contributed by atoms with E-state index in [1.54, 1.807) is 31.1 Å². The molecule has 0 spiro atoms. The van der Waals surface area contributed by atoms with Crippen molar-refractivity contribution in [2.75, 3.05) is 70.3 Å². The zero-order valence-electron chi connectivity index (χ0n) is 23.9. The fourth-order valence-corrected chi connectivity index (χ4v) is 5.45. The Kier molecular flexibility index (Phi) is 9.72. The van der Waals surface area contributed by atoms with Gasteiger partial charge in [-0.1, -0.05) is 59.6 Å². The van der Waals surface area contributed by atoms with Crippen molar-refractivity contribution >= 4 is 52.4 Å². The highest BCUT2D eigenvalue weighted by Crippen LogP contribution is 2.39. The Bertz CT molecular complexity index is 1500. The van der Waals surface area contributed by atoms with Gasteiger partial charge in [0.1, 0.15) is 12.3 Å². The van der Waals surface area contributed by atoms with Gasteiger partial charge in [-0.15, -0.1) is 0 Å². The van der Waals surface area contributed by atoms with Crippen molar-refractivity contribution in [2.45, 2.75) is 6.04 Å². The molecule has 10 nitrogen and oxygen atoms in total. The van der Waals surface area contributed by atoms with Gasteiger partial charge in [-0.3, -0.25) is 19.4 Å². The van der Waals surface area contributed by atoms with Crippen LogP contribution >= 0.6 is 23.2 Å². The summed E-state index contributed by atoms with van der Waals surface area (Å²) in [5, 5.41) is 5.92. The lowest BCUT2D eigenvalue weighted by Crippen LogP contribution is -2.48. The van der Waals surface area contributed by atoms with Gasteiger partial charge in [0.2, 0.25) is 5.91 Å². The predicted molar refractivity (Wildman–Crippen MR) is 167 cm³/mol. The number of amides is 4. The number of nitrogens with one attached hydrogen (secondary N) is 2. The largest absolute Gasteiger partial charge is 0.482 e. The molecule has 0 aliphatic carbocycles. The number of halogens is 2. The van der Waals surface area contributed by atoms with Crippen molar-refractivity contribution in [1.82, 2.24) is 15.1 Å². The van der Waals surface area contributed by atoms with E-state index in [-0.39, 0.29) is 42.1 Å². The number of fused-ring (bicyclic) bond motifs is 1. The number of urea groups is 1. The molecule has 12 heteroatoms. The molecular formula is C31H33Cl2N5O5. The fourth-order valence-electron chi connectivity index (χ4n) is 5.14. The van der Waals surface area contributed by atoms with Crippen molar-refractivity contribution in [3.63, 3.8) is 0 Å². The second-order valence-corrected chi connectivity index (χ2v) is 11.2. The van der Waals surface area contributed by atoms with Crippen LogP contribution in [0.5, 0.6) is 5.75 Å². The maximum atomic E-state index is 13.8. The van der Waals surface area contributed by atoms with E-state index in [1.807, 2.05) is 48.5 Å². The van der Waals surface area contributed by atoms with E-state index < -0.39 is 0 Å². The van der Waals surface area contributed by atoms with Gasteiger partial charge in [-0.25, -0.2) is 4.79 Å². The van der Waals surface area contributed by atoms with Crippen molar-refractivity contribution in [3.8, 4) is 16.9 Å². The quantitative estimate of drug-likeness (QED) is 0.377. The molecule has 0 aromatic heterocycles. The van der Waals surface area contributed by atoms with Crippen LogP contribution in [0.3, 0.4) is 0 Å². The standard InChI is InChI=1S/C31H33Cl2N5O5/c1-34-31(41)35-23-5-3-4-22(14-23)20-6-8-21(9-7-20)27(17-37-10-12-42-13-11-37)36(2)29(39)18-38-26-15-24(32)25(33)16-28(26)43-19-30(38)40/h3-9,14-16,27H,10-13,17-19H2,1-2H3,(H2,34,35,41). The van der Waals surface area contributed by atoms with Crippen LogP contribution in [0.1, 0.15) is 11.6 Å². The minimum Gasteiger partial charge on any atom is -0.482 e. The third-order valence-electron chi connectivity index (χ3n) is 7.61. The molecule has 2 aliphatic rings. The van der Waals surface area contributed by atoms with Crippen LogP contribution in [-0.4, -0.2) is 87.7 Å². The molecule has 1 unspecified atom stereocenters. The number of nitrogens with zero attached hydrogens (tertiary/aromatic N) is 3. The van der Waals surface area contributed by atoms with Gasteiger partial charge in [0, 0.05) is 45.5 Å². The molecule has 1 fully saturated rings. The molecule has 1 atom stereocenters. The maximum Gasteiger partial charge on any atom is 0.318 e. The number of carbonyl (C=O) groups excluding carboxylic acids is 3. The number of benzene rings is 3. The smallest absolute Gasteiger partial charge is 0.318 e. The van der Waals surface area contributed by atoms with Crippen molar-refractivity contribution in [2.24, 2.45) is 0 Å². The first kappa shape index (κ1) is 30.6. The Hall–Kier alpha value is -3.83. The average molecular weight is 627 g/mol. The Labute approximate surface area is 260 Å². The van der Waals surface area contributed by atoms with Gasteiger partial charge in [-0.2, -0.15) is 0 Å². The predicted octanol–water partition coefficient (Wildman–Crippen LogP) is 4.67. The molecule has 2 aliphatic heterocycles. The number of ether oxygens (including phenoxy) is 2. The lowest BCUT2D eigenvalue weighted by molar-refractivity contribution is -0.133. The van der Waals surface area contributed by atoms with Gasteiger partial charge in [0.05, 0.1) is 35.0 Å². The second kappa shape index (κ2) is 13.6. The monoisotopic (exact) mass is 625 g/mol. The normalized spacial score (nSPS) is 15.7. The summed E-state index contributed by atoms with van der Waals surface area (Å²) in [7, 11) is 3.33. The van der Waals surface area contributed by atoms with Crippen LogP contribution in [0.2, 0.25) is 10.0 Å². The molecule has 0 bridgehead atoms. The summed E-state index contributed by atoms with van der Waals surface area (Å²) in [4.78, 5) is 43.7. The summed E-state index contributed by atoms with van der Waals surface area (Å²) in [6.45, 7) is 3.02. The van der Waals surface area contributed by atoms with Crippen LogP contribution < -0.4 is 20.3 Å². The van der Waals surface area contributed by atoms with Crippen LogP contribution in [0, 0.1) is 0 Å². The van der Waals surface area contributed by atoms with Crippen molar-refractivity contribution in [3.05, 3.63) is 76.3 Å². The summed E-state index contributed by atoms with van der Waals surface area (Å²) >= 11 is 12.4. The Morgan fingerprint density at radius 2 is 1.72 bits per heavy atom. The molecule has 43 heavy (non-hydrogen) atoms. The van der Waals surface area contributed by atoms with Gasteiger partial charge in [-0.05, 0) is 34.9 Å². The maximum absolute atomic E-state index is 13.8. The highest BCUT2D eigenvalue weighted by Gasteiger charge is 2.32. The first-order valence-corrected chi connectivity index (χ1v) is 14.7. The van der Waals surface area contributed by atoms with Gasteiger partial charge < -0.3 is 25.0 Å². The fraction of sp³-hybridized carbons (Fsp3) is 0.323. The lowest BCUT2D eigenvalue weighted by Gasteiger charge is -2.37. The van der Waals surface area contributed by atoms with Crippen molar-refractivity contribution in [1.29, 1.82) is 0 Å². The van der Waals surface area contributed by atoms with Crippen LogP contribution in [0.15, 0.2) is 60.7 Å². The van der Waals surface area contributed by atoms with E-state index in [1.165, 1.54) is 4.90 Å². The molecule has 226 valence electrons. The van der Waals surface area contributed by atoms with Crippen LogP contribution in [0.25, 0.3) is 11.1 Å². The van der Waals surface area contributed by atoms with Crippen LogP contribution in [0.4, 0.5) is 16.2 Å². The molecule has 0 saturated carbocycles. The molecule has 3 aromatic carbocycles. The SMILES string of the molecule is CNC(=O)Nc1cccc(-c2ccc(C(CN3CCOCC3)N(C)C(=O)CN3C(=O)COc4cc(Cl)c(Cl)cc43)cc2)c1. The topological polar surface area (TPSA) is 103 Å². The summed E-state index contributed by atoms with van der Waals surface area (Å²) in [5.41, 5.74) is 3.95. The van der Waals surface area contributed by atoms with Crippen molar-refractivity contribution < 1.29 is 23.9 Å². The van der Waals surface area contributed by atoms with Gasteiger partial charge in [0.15, 0.2) is 6.61 Å². The highest BCUT2D eigenvalue weighted by atomic mass is 35.5. The third-order valence-corrected chi connectivity index (χ3v) is 8.33. The van der Waals surface area contributed by atoms with E-state index >= 15 is 0 Å². The number of hydrogen-bond acceptors (Lipinski definition) is 6. The Balaban J connectivity index is 1.38. The lowest BCUT2D eigenvalue weighted by atomic mass is 9.99. The first-order valence-electron chi connectivity index (χ1n) is 13.9. The number of rotatable bonds is 8. The zero-order valence-corrected chi connectivity index (χ0v) is 25.5. The summed E-state index contributed by atoms with van der Waals surface area (Å²) in [6.07, 6.45) is 0. The third kappa shape index (κ3) is 7.22. The van der Waals surface area contributed by atoms with E-state index in [4.69, 9.17) is 32.7 Å². The summed E-state index contributed by atoms with van der Waals surface area (Å²) < 4.78 is 11.1. The van der Waals surface area contributed by atoms with E-state index in [0.717, 1.165) is 29.8 Å². The molecule has 0 radical (unpaired) electrons. The summed E-state index contributed by atoms with van der Waals surface area (Å²) in [5.74, 6) is -0.169. The van der Waals surface area contributed by atoms with E-state index in [2.05, 4.69) is 15.5 Å². The molecule has 3 aromatic rings. The summed E-state index contributed by atoms with van der Waals surface area (Å²) in [6, 6.07) is 18.2. The molecule has 2 heterocycles. The highest BCUT2D eigenvalue weighted by molar-refractivity contribution is 6.42. The second-order valence-electron chi connectivity index (χ2n) is 10.3. The zero-order chi connectivity index (χ0) is 30.5. The molecular weight excluding hydrogens is 593 g/mol. The van der Waals surface area contributed by atoms with E-state index in [0.29, 0.717) is 41.9 Å². The number of hydrogen-bond donors (Lipinski definition) is 2. The molecule has 2 N–H and O–H groups in total. The Morgan fingerprint density at radius 1 is 1.00 bits per heavy atom. The number of morpholine rings is 1. The minimum absolute atomic E-state index is 0.174. The first-order chi connectivity index (χ1) is 20.7. The minimum atomic E-state index is -0.338. The average Bonchev–Trinajstić information content (AvgIpc) is 3.02. The number of anilines is 2. The molecule has 5 rings (SSSR count). The molecule has 1 saturated heterocycles. The van der Waals surface area contributed by atoms with E-state index in [9.17, 15) is 14.4 Å². The van der Waals surface area contributed by atoms with Crippen LogP contribution in [-0.2, 0) is 14.3 Å². The van der Waals surface area contributed by atoms with Gasteiger partial charge in [0.25, 0.3) is 5.91 Å². The molecule has 4 amide bonds. The number of carbonyl (C=O) groups is 3. The number of likely N-dealkylation sites (N-methyl/N-ethyl adjacent to an activating group) is 1.